The average molecular weight is 524 g/mol. The zero-order valence-corrected chi connectivity index (χ0v) is 22.0. The van der Waals surface area contributed by atoms with Crippen molar-refractivity contribution in [2.24, 2.45) is 0 Å². The largest absolute Gasteiger partial charge is 0.352 e. The summed E-state index contributed by atoms with van der Waals surface area (Å²) in [4.78, 5) is 28.8. The lowest BCUT2D eigenvalue weighted by Gasteiger charge is -2.31. The molecule has 3 aromatic rings. The van der Waals surface area contributed by atoms with E-state index in [1.54, 1.807) is 24.0 Å². The van der Waals surface area contributed by atoms with Crippen molar-refractivity contribution >= 4 is 35.0 Å². The number of hydrogen-bond acceptors (Lipinski definition) is 2. The van der Waals surface area contributed by atoms with E-state index in [2.05, 4.69) is 5.32 Å². The van der Waals surface area contributed by atoms with Gasteiger partial charge in [-0.25, -0.2) is 0 Å². The van der Waals surface area contributed by atoms with Crippen LogP contribution >= 0.6 is 23.2 Å². The number of rotatable bonds is 9. The molecular formula is C30H32Cl2N2O2. The van der Waals surface area contributed by atoms with Gasteiger partial charge in [0.2, 0.25) is 11.8 Å². The molecule has 0 aromatic heterocycles. The number of carbonyl (C=O) groups excluding carboxylic acids is 2. The molecular weight excluding hydrogens is 491 g/mol. The number of benzene rings is 3. The molecule has 0 unspecified atom stereocenters. The first-order valence-corrected chi connectivity index (χ1v) is 13.3. The maximum atomic E-state index is 13.9. The highest BCUT2D eigenvalue weighted by molar-refractivity contribution is 6.42. The molecule has 1 aliphatic rings. The summed E-state index contributed by atoms with van der Waals surface area (Å²) >= 11 is 12.4. The van der Waals surface area contributed by atoms with Gasteiger partial charge in [0.15, 0.2) is 0 Å². The van der Waals surface area contributed by atoms with Crippen LogP contribution in [0.4, 0.5) is 0 Å². The Bertz CT molecular complexity index is 1120. The molecule has 4 nitrogen and oxygen atoms in total. The normalized spacial score (nSPS) is 14.6. The zero-order valence-electron chi connectivity index (χ0n) is 20.5. The number of nitrogens with zero attached hydrogens (tertiary/aromatic N) is 1. The summed E-state index contributed by atoms with van der Waals surface area (Å²) in [7, 11) is 0. The van der Waals surface area contributed by atoms with Gasteiger partial charge in [-0.15, -0.1) is 0 Å². The molecule has 3 aromatic carbocycles. The fraction of sp³-hybridized carbons (Fsp3) is 0.333. The van der Waals surface area contributed by atoms with Crippen LogP contribution in [0.5, 0.6) is 0 Å². The summed E-state index contributed by atoms with van der Waals surface area (Å²) in [5.41, 5.74) is 2.96. The van der Waals surface area contributed by atoms with E-state index >= 15 is 0 Å². The highest BCUT2D eigenvalue weighted by Gasteiger charge is 2.30. The predicted octanol–water partition coefficient (Wildman–Crippen LogP) is 6.99. The van der Waals surface area contributed by atoms with E-state index in [0.29, 0.717) is 10.0 Å². The second-order valence-corrected chi connectivity index (χ2v) is 10.3. The molecule has 188 valence electrons. The molecule has 4 rings (SSSR count). The fourth-order valence-corrected chi connectivity index (χ4v) is 5.22. The van der Waals surface area contributed by atoms with Crippen molar-refractivity contribution in [2.75, 3.05) is 0 Å². The molecule has 0 saturated heterocycles. The Morgan fingerprint density at radius 3 is 2.03 bits per heavy atom. The zero-order chi connectivity index (χ0) is 25.5. The molecule has 0 aliphatic heterocycles. The van der Waals surface area contributed by atoms with E-state index < -0.39 is 6.04 Å². The van der Waals surface area contributed by atoms with Crippen molar-refractivity contribution in [1.82, 2.24) is 10.2 Å². The summed E-state index contributed by atoms with van der Waals surface area (Å²) in [5.74, 6) is -0.333. The first kappa shape index (κ1) is 26.2. The molecule has 1 N–H and O–H groups in total. The molecule has 1 saturated carbocycles. The van der Waals surface area contributed by atoms with Crippen molar-refractivity contribution in [3.63, 3.8) is 0 Å². The van der Waals surface area contributed by atoms with Crippen LogP contribution < -0.4 is 5.32 Å². The standard InChI is InChI=1S/C30H32Cl2N2O2/c1-21(30(36)33-25-14-8-9-15-25)34(20-22-16-17-27(31)28(32)18-22)29(35)19-26(23-10-4-2-5-11-23)24-12-6-3-7-13-24/h2-7,10-13,16-18,21,25-26H,8-9,14-15,19-20H2,1H3,(H,33,36)/t21-/m1/s1. The van der Waals surface area contributed by atoms with Crippen molar-refractivity contribution in [1.29, 1.82) is 0 Å². The molecule has 0 spiro atoms. The third-order valence-corrected chi connectivity index (χ3v) is 7.73. The topological polar surface area (TPSA) is 49.4 Å². The van der Waals surface area contributed by atoms with Gasteiger partial charge >= 0.3 is 0 Å². The molecule has 0 radical (unpaired) electrons. The Labute approximate surface area is 223 Å². The van der Waals surface area contributed by atoms with E-state index in [4.69, 9.17) is 23.2 Å². The van der Waals surface area contributed by atoms with Crippen LogP contribution in [0.1, 0.15) is 61.6 Å². The summed E-state index contributed by atoms with van der Waals surface area (Å²) in [6, 6.07) is 25.0. The van der Waals surface area contributed by atoms with Gasteiger partial charge in [-0.05, 0) is 48.6 Å². The molecule has 2 amide bonds. The lowest BCUT2D eigenvalue weighted by Crippen LogP contribution is -2.49. The first-order chi connectivity index (χ1) is 17.4. The summed E-state index contributed by atoms with van der Waals surface area (Å²) in [5, 5.41) is 4.04. The van der Waals surface area contributed by atoms with E-state index in [-0.39, 0.29) is 36.7 Å². The molecule has 1 atom stereocenters. The van der Waals surface area contributed by atoms with Gasteiger partial charge < -0.3 is 10.2 Å². The van der Waals surface area contributed by atoms with Crippen LogP contribution in [0.15, 0.2) is 78.9 Å². The van der Waals surface area contributed by atoms with Crippen molar-refractivity contribution in [2.45, 2.75) is 63.6 Å². The van der Waals surface area contributed by atoms with Crippen molar-refractivity contribution < 1.29 is 9.59 Å². The van der Waals surface area contributed by atoms with Gasteiger partial charge in [0.1, 0.15) is 6.04 Å². The quantitative estimate of drug-likeness (QED) is 0.329. The molecule has 1 aliphatic carbocycles. The monoisotopic (exact) mass is 522 g/mol. The van der Waals surface area contributed by atoms with Gasteiger partial charge in [-0.3, -0.25) is 9.59 Å². The SMILES string of the molecule is C[C@H](C(=O)NC1CCCC1)N(Cc1ccc(Cl)c(Cl)c1)C(=O)CC(c1ccccc1)c1ccccc1. The maximum absolute atomic E-state index is 13.9. The second kappa shape index (κ2) is 12.4. The Balaban J connectivity index is 1.61. The van der Waals surface area contributed by atoms with Crippen LogP contribution in [-0.4, -0.2) is 28.8 Å². The Kier molecular flexibility index (Phi) is 9.06. The van der Waals surface area contributed by atoms with Crippen LogP contribution in [0.3, 0.4) is 0 Å². The third kappa shape index (κ3) is 6.68. The number of carbonyl (C=O) groups is 2. The Morgan fingerprint density at radius 1 is 0.889 bits per heavy atom. The van der Waals surface area contributed by atoms with Gasteiger partial charge in [0.05, 0.1) is 10.0 Å². The fourth-order valence-electron chi connectivity index (χ4n) is 4.90. The van der Waals surface area contributed by atoms with Gasteiger partial charge in [-0.2, -0.15) is 0 Å². The number of halogens is 2. The minimum atomic E-state index is -0.625. The smallest absolute Gasteiger partial charge is 0.242 e. The predicted molar refractivity (Wildman–Crippen MR) is 146 cm³/mol. The average Bonchev–Trinajstić information content (AvgIpc) is 3.41. The number of nitrogens with one attached hydrogen (secondary N) is 1. The summed E-state index contributed by atoms with van der Waals surface area (Å²) in [6.07, 6.45) is 4.48. The van der Waals surface area contributed by atoms with Crippen LogP contribution in [0.25, 0.3) is 0 Å². The van der Waals surface area contributed by atoms with Crippen LogP contribution in [0.2, 0.25) is 10.0 Å². The number of amides is 2. The first-order valence-electron chi connectivity index (χ1n) is 12.6. The van der Waals surface area contributed by atoms with E-state index in [0.717, 1.165) is 42.4 Å². The summed E-state index contributed by atoms with van der Waals surface area (Å²) < 4.78 is 0. The Morgan fingerprint density at radius 2 is 1.47 bits per heavy atom. The molecule has 0 heterocycles. The number of hydrogen-bond donors (Lipinski definition) is 1. The molecule has 36 heavy (non-hydrogen) atoms. The van der Waals surface area contributed by atoms with E-state index in [1.807, 2.05) is 66.7 Å². The maximum Gasteiger partial charge on any atom is 0.242 e. The van der Waals surface area contributed by atoms with E-state index in [1.165, 1.54) is 0 Å². The third-order valence-electron chi connectivity index (χ3n) is 6.99. The lowest BCUT2D eigenvalue weighted by molar-refractivity contribution is -0.141. The minimum Gasteiger partial charge on any atom is -0.352 e. The minimum absolute atomic E-state index is 0.0900. The molecule has 6 heteroatoms. The Hall–Kier alpha value is -2.82. The highest BCUT2D eigenvalue weighted by atomic mass is 35.5. The van der Waals surface area contributed by atoms with Gasteiger partial charge in [0.25, 0.3) is 0 Å². The van der Waals surface area contributed by atoms with Gasteiger partial charge in [0, 0.05) is 24.9 Å². The highest BCUT2D eigenvalue weighted by Crippen LogP contribution is 2.30. The molecule has 1 fully saturated rings. The van der Waals surface area contributed by atoms with Crippen LogP contribution in [-0.2, 0) is 16.1 Å². The van der Waals surface area contributed by atoms with Crippen molar-refractivity contribution in [3.8, 4) is 0 Å². The van der Waals surface area contributed by atoms with Crippen molar-refractivity contribution in [3.05, 3.63) is 106 Å². The summed E-state index contributed by atoms with van der Waals surface area (Å²) in [6.45, 7) is 2.07. The van der Waals surface area contributed by atoms with Crippen LogP contribution in [0, 0.1) is 0 Å². The lowest BCUT2D eigenvalue weighted by atomic mass is 9.88. The van der Waals surface area contributed by atoms with Gasteiger partial charge in [-0.1, -0.05) is 103 Å². The van der Waals surface area contributed by atoms with E-state index in [9.17, 15) is 9.59 Å². The molecule has 0 bridgehead atoms. The second-order valence-electron chi connectivity index (χ2n) is 9.51.